The smallest absolute Gasteiger partial charge is 0.262 e. The van der Waals surface area contributed by atoms with Gasteiger partial charge < -0.3 is 15.4 Å². The van der Waals surface area contributed by atoms with Gasteiger partial charge in [0.05, 0.1) is 31.0 Å². The first-order chi connectivity index (χ1) is 17.0. The molecule has 35 heavy (non-hydrogen) atoms. The first-order valence-electron chi connectivity index (χ1n) is 11.7. The number of amides is 2. The number of methoxy groups -OCH3 is 1. The third-order valence-electron chi connectivity index (χ3n) is 5.80. The van der Waals surface area contributed by atoms with Crippen LogP contribution in [0.1, 0.15) is 47.8 Å². The molecule has 1 atom stereocenters. The van der Waals surface area contributed by atoms with Crippen LogP contribution in [0, 0.1) is 0 Å². The predicted molar refractivity (Wildman–Crippen MR) is 138 cm³/mol. The first kappa shape index (κ1) is 24.0. The Kier molecular flexibility index (Phi) is 7.45. The Morgan fingerprint density at radius 2 is 1.69 bits per heavy atom. The number of rotatable bonds is 8. The number of para-hydroxylation sites is 1. The highest BCUT2D eigenvalue weighted by Gasteiger charge is 2.33. The van der Waals surface area contributed by atoms with Crippen LogP contribution in [-0.4, -0.2) is 42.2 Å². The Morgan fingerprint density at radius 1 is 1.00 bits per heavy atom. The van der Waals surface area contributed by atoms with E-state index in [2.05, 4.69) is 10.6 Å². The summed E-state index contributed by atoms with van der Waals surface area (Å²) in [6, 6.07) is 24.6. The molecule has 0 bridgehead atoms. The zero-order chi connectivity index (χ0) is 24.8. The van der Waals surface area contributed by atoms with Gasteiger partial charge in [-0.2, -0.15) is 5.10 Å². The zero-order valence-corrected chi connectivity index (χ0v) is 20.2. The summed E-state index contributed by atoms with van der Waals surface area (Å²) >= 11 is 0. The molecule has 3 aromatic rings. The van der Waals surface area contributed by atoms with Crippen molar-refractivity contribution in [3.05, 3.63) is 95.6 Å². The SMILES string of the molecule is COc1ccc(C2CC(c3ccccc3)=NN2C(=O)CNc2ccccc2C(=O)NC(C)C)cc1. The molecule has 2 amide bonds. The van der Waals surface area contributed by atoms with Crippen molar-refractivity contribution in [2.45, 2.75) is 32.4 Å². The van der Waals surface area contributed by atoms with Gasteiger partial charge >= 0.3 is 0 Å². The summed E-state index contributed by atoms with van der Waals surface area (Å²) in [6.45, 7) is 3.82. The van der Waals surface area contributed by atoms with Gasteiger partial charge in [-0.25, -0.2) is 5.01 Å². The van der Waals surface area contributed by atoms with E-state index in [1.165, 1.54) is 0 Å². The molecule has 0 spiro atoms. The van der Waals surface area contributed by atoms with Gasteiger partial charge in [-0.1, -0.05) is 54.6 Å². The normalized spacial score (nSPS) is 15.0. The molecule has 180 valence electrons. The Morgan fingerprint density at radius 3 is 2.37 bits per heavy atom. The van der Waals surface area contributed by atoms with Gasteiger partial charge in [0, 0.05) is 18.2 Å². The Balaban J connectivity index is 1.56. The molecule has 0 fully saturated rings. The molecule has 2 N–H and O–H groups in total. The number of nitrogens with zero attached hydrogens (tertiary/aromatic N) is 2. The number of hydrogen-bond donors (Lipinski definition) is 2. The first-order valence-corrected chi connectivity index (χ1v) is 11.7. The highest BCUT2D eigenvalue weighted by Crippen LogP contribution is 2.33. The van der Waals surface area contributed by atoms with E-state index < -0.39 is 0 Å². The number of anilines is 1. The Bertz CT molecular complexity index is 1210. The monoisotopic (exact) mass is 470 g/mol. The molecule has 7 heteroatoms. The summed E-state index contributed by atoms with van der Waals surface area (Å²) in [6.07, 6.45) is 0.607. The maximum Gasteiger partial charge on any atom is 0.262 e. The Hall–Kier alpha value is -4.13. The lowest BCUT2D eigenvalue weighted by Gasteiger charge is -2.23. The second-order valence-electron chi connectivity index (χ2n) is 8.67. The summed E-state index contributed by atoms with van der Waals surface area (Å²) in [5.74, 6) is 0.389. The predicted octanol–water partition coefficient (Wildman–Crippen LogP) is 4.62. The van der Waals surface area contributed by atoms with Gasteiger partial charge in [-0.05, 0) is 49.2 Å². The molecule has 7 nitrogen and oxygen atoms in total. The van der Waals surface area contributed by atoms with Gasteiger partial charge in [0.25, 0.3) is 11.8 Å². The summed E-state index contributed by atoms with van der Waals surface area (Å²) in [7, 11) is 1.63. The van der Waals surface area contributed by atoms with Crippen molar-refractivity contribution in [2.24, 2.45) is 5.10 Å². The van der Waals surface area contributed by atoms with Gasteiger partial charge in [-0.3, -0.25) is 9.59 Å². The standard InChI is InChI=1S/C28H30N4O3/c1-19(2)30-28(34)23-11-7-8-12-24(23)29-18-27(33)32-26(21-13-15-22(35-3)16-14-21)17-25(31-32)20-9-5-4-6-10-20/h4-16,19,26,29H,17-18H2,1-3H3,(H,30,34). The largest absolute Gasteiger partial charge is 0.497 e. The molecule has 0 aliphatic carbocycles. The van der Waals surface area contributed by atoms with E-state index in [1.54, 1.807) is 30.3 Å². The van der Waals surface area contributed by atoms with Crippen LogP contribution in [0.25, 0.3) is 0 Å². The third-order valence-corrected chi connectivity index (χ3v) is 5.80. The molecule has 1 aliphatic heterocycles. The van der Waals surface area contributed by atoms with Gasteiger partial charge in [0.1, 0.15) is 5.75 Å². The van der Waals surface area contributed by atoms with Crippen LogP contribution in [-0.2, 0) is 4.79 Å². The van der Waals surface area contributed by atoms with Crippen molar-refractivity contribution in [3.8, 4) is 5.75 Å². The topological polar surface area (TPSA) is 83.0 Å². The molecular formula is C28H30N4O3. The zero-order valence-electron chi connectivity index (χ0n) is 20.2. The fourth-order valence-electron chi connectivity index (χ4n) is 4.06. The fraction of sp³-hybridized carbons (Fsp3) is 0.250. The van der Waals surface area contributed by atoms with E-state index in [4.69, 9.17) is 9.84 Å². The highest BCUT2D eigenvalue weighted by molar-refractivity contribution is 6.03. The number of nitrogens with one attached hydrogen (secondary N) is 2. The van der Waals surface area contributed by atoms with Gasteiger partial charge in [0.15, 0.2) is 0 Å². The number of carbonyl (C=O) groups is 2. The summed E-state index contributed by atoms with van der Waals surface area (Å²) in [4.78, 5) is 26.0. The van der Waals surface area contributed by atoms with Crippen molar-refractivity contribution in [3.63, 3.8) is 0 Å². The minimum atomic E-state index is -0.232. The lowest BCUT2D eigenvalue weighted by Crippen LogP contribution is -2.33. The molecule has 4 rings (SSSR count). The van der Waals surface area contributed by atoms with Crippen LogP contribution in [0.3, 0.4) is 0 Å². The van der Waals surface area contributed by atoms with Crippen molar-refractivity contribution in [1.82, 2.24) is 10.3 Å². The maximum atomic E-state index is 13.4. The van der Waals surface area contributed by atoms with Crippen LogP contribution in [0.15, 0.2) is 84.0 Å². The van der Waals surface area contributed by atoms with E-state index in [9.17, 15) is 9.59 Å². The average molecular weight is 471 g/mol. The number of hydrazone groups is 1. The minimum absolute atomic E-state index is 0.00416. The van der Waals surface area contributed by atoms with E-state index in [-0.39, 0.29) is 30.4 Å². The van der Waals surface area contributed by atoms with E-state index in [1.807, 2.05) is 74.5 Å². The highest BCUT2D eigenvalue weighted by atomic mass is 16.5. The molecule has 0 saturated heterocycles. The molecular weight excluding hydrogens is 440 g/mol. The van der Waals surface area contributed by atoms with E-state index >= 15 is 0 Å². The number of ether oxygens (including phenoxy) is 1. The van der Waals surface area contributed by atoms with E-state index in [0.717, 1.165) is 22.6 Å². The average Bonchev–Trinajstić information content (AvgIpc) is 3.33. The lowest BCUT2D eigenvalue weighted by molar-refractivity contribution is -0.131. The van der Waals surface area contributed by atoms with Gasteiger partial charge in [0.2, 0.25) is 0 Å². The second kappa shape index (κ2) is 10.9. The van der Waals surface area contributed by atoms with Crippen LogP contribution >= 0.6 is 0 Å². The summed E-state index contributed by atoms with van der Waals surface area (Å²) in [5, 5.41) is 12.3. The minimum Gasteiger partial charge on any atom is -0.497 e. The summed E-state index contributed by atoms with van der Waals surface area (Å²) in [5.41, 5.74) is 3.93. The molecule has 1 unspecified atom stereocenters. The van der Waals surface area contributed by atoms with Crippen LogP contribution in [0.5, 0.6) is 5.75 Å². The lowest BCUT2D eigenvalue weighted by atomic mass is 9.98. The second-order valence-corrected chi connectivity index (χ2v) is 8.67. The van der Waals surface area contributed by atoms with E-state index in [0.29, 0.717) is 17.7 Å². The maximum absolute atomic E-state index is 13.4. The Labute approximate surface area is 205 Å². The third kappa shape index (κ3) is 5.69. The quantitative estimate of drug-likeness (QED) is 0.503. The van der Waals surface area contributed by atoms with Crippen molar-refractivity contribution >= 4 is 23.2 Å². The molecule has 3 aromatic carbocycles. The summed E-state index contributed by atoms with van der Waals surface area (Å²) < 4.78 is 5.29. The number of carbonyl (C=O) groups excluding carboxylic acids is 2. The van der Waals surface area contributed by atoms with Crippen LogP contribution < -0.4 is 15.4 Å². The number of benzene rings is 3. The molecule has 0 aromatic heterocycles. The van der Waals surface area contributed by atoms with Crippen molar-refractivity contribution < 1.29 is 14.3 Å². The number of hydrogen-bond acceptors (Lipinski definition) is 5. The molecule has 1 heterocycles. The van der Waals surface area contributed by atoms with Crippen molar-refractivity contribution in [2.75, 3.05) is 19.0 Å². The molecule has 0 radical (unpaired) electrons. The van der Waals surface area contributed by atoms with Crippen LogP contribution in [0.2, 0.25) is 0 Å². The van der Waals surface area contributed by atoms with Crippen molar-refractivity contribution in [1.29, 1.82) is 0 Å². The fourth-order valence-corrected chi connectivity index (χ4v) is 4.06. The molecule has 0 saturated carbocycles. The molecule has 1 aliphatic rings. The van der Waals surface area contributed by atoms with Crippen LogP contribution in [0.4, 0.5) is 5.69 Å². The van der Waals surface area contributed by atoms with Gasteiger partial charge in [-0.15, -0.1) is 0 Å².